The molecule has 100 valence electrons. The summed E-state index contributed by atoms with van der Waals surface area (Å²) in [5.41, 5.74) is 0. The first-order valence-corrected chi connectivity index (χ1v) is 7.30. The van der Waals surface area contributed by atoms with E-state index in [-0.39, 0.29) is 17.2 Å². The first-order chi connectivity index (χ1) is 9.13. The van der Waals surface area contributed by atoms with E-state index >= 15 is 0 Å². The van der Waals surface area contributed by atoms with Gasteiger partial charge >= 0.3 is 0 Å². The molecule has 19 heavy (non-hydrogen) atoms. The van der Waals surface area contributed by atoms with Crippen LogP contribution in [0.15, 0.2) is 11.4 Å². The zero-order valence-electron chi connectivity index (χ0n) is 10.4. The lowest BCUT2D eigenvalue weighted by atomic mass is 10.1. The molecule has 0 spiro atoms. The van der Waals surface area contributed by atoms with Gasteiger partial charge in [0.1, 0.15) is 10.6 Å². The topological polar surface area (TPSA) is 58.1 Å². The Bertz CT molecular complexity index is 629. The van der Waals surface area contributed by atoms with Crippen LogP contribution in [0.4, 0.5) is 5.82 Å². The molecule has 0 bridgehead atoms. The Morgan fingerprint density at radius 2 is 2.37 bits per heavy atom. The van der Waals surface area contributed by atoms with Crippen LogP contribution in [0.5, 0.6) is 0 Å². The molecule has 1 amide bonds. The van der Waals surface area contributed by atoms with Crippen molar-refractivity contribution in [3.05, 3.63) is 16.7 Å². The van der Waals surface area contributed by atoms with E-state index in [9.17, 15) is 4.79 Å². The molecule has 2 aromatic rings. The third-order valence-electron chi connectivity index (χ3n) is 3.27. The number of rotatable bonds is 2. The number of nitrogens with zero attached hydrogens (tertiary/aromatic N) is 3. The van der Waals surface area contributed by atoms with E-state index in [0.29, 0.717) is 13.0 Å². The Hall–Kier alpha value is -1.40. The molecule has 0 aromatic carbocycles. The second-order valence-corrected chi connectivity index (χ2v) is 5.87. The molecule has 3 rings (SSSR count). The molecule has 1 fully saturated rings. The lowest BCUT2D eigenvalue weighted by molar-refractivity contribution is -0.132. The van der Waals surface area contributed by atoms with Gasteiger partial charge in [-0.1, -0.05) is 0 Å². The third-order valence-corrected chi connectivity index (χ3v) is 4.24. The number of likely N-dealkylation sites (tertiary alicyclic amines) is 1. The molecular weight excluding hydrogens is 284 g/mol. The summed E-state index contributed by atoms with van der Waals surface area (Å²) in [6, 6.07) is 2.19. The Morgan fingerprint density at radius 1 is 1.53 bits per heavy atom. The molecule has 1 saturated heterocycles. The maximum Gasteiger partial charge on any atom is 0.225 e. The van der Waals surface area contributed by atoms with Crippen molar-refractivity contribution in [1.82, 2.24) is 14.9 Å². The second kappa shape index (κ2) is 4.94. The zero-order chi connectivity index (χ0) is 13.4. The molecule has 5 nitrogen and oxygen atoms in total. The Labute approximate surface area is 119 Å². The molecule has 1 atom stereocenters. The number of hydrogen-bond acceptors (Lipinski definition) is 5. The fourth-order valence-electron chi connectivity index (χ4n) is 2.26. The molecule has 1 N–H and O–H groups in total. The van der Waals surface area contributed by atoms with Crippen LogP contribution >= 0.6 is 22.9 Å². The normalized spacial score (nSPS) is 20.0. The van der Waals surface area contributed by atoms with E-state index in [4.69, 9.17) is 11.6 Å². The summed E-state index contributed by atoms with van der Waals surface area (Å²) in [5.74, 6) is 0.948. The number of hydrogen-bond donors (Lipinski definition) is 1. The number of piperidine rings is 1. The number of likely N-dealkylation sites (N-methyl/N-ethyl adjacent to an activating group) is 1. The first kappa shape index (κ1) is 12.6. The summed E-state index contributed by atoms with van der Waals surface area (Å²) >= 11 is 7.47. The minimum absolute atomic E-state index is 0.194. The van der Waals surface area contributed by atoms with Crippen LogP contribution in [-0.2, 0) is 4.79 Å². The average molecular weight is 297 g/mol. The third kappa shape index (κ3) is 2.50. The molecular formula is C12H13ClN4OS. The summed E-state index contributed by atoms with van der Waals surface area (Å²) in [5, 5.41) is 6.58. The Kier molecular flexibility index (Phi) is 3.28. The first-order valence-electron chi connectivity index (χ1n) is 6.05. The summed E-state index contributed by atoms with van der Waals surface area (Å²) < 4.78 is 0. The summed E-state index contributed by atoms with van der Waals surface area (Å²) in [6.45, 7) is 0.687. The number of amides is 1. The monoisotopic (exact) mass is 296 g/mol. The van der Waals surface area contributed by atoms with E-state index in [1.165, 1.54) is 11.3 Å². The maximum atomic E-state index is 11.5. The lowest BCUT2D eigenvalue weighted by Gasteiger charge is -2.30. The molecule has 0 saturated carbocycles. The lowest BCUT2D eigenvalue weighted by Crippen LogP contribution is -2.43. The number of fused-ring (bicyclic) bond motifs is 1. The molecule has 7 heteroatoms. The van der Waals surface area contributed by atoms with Gasteiger partial charge in [-0.25, -0.2) is 9.97 Å². The molecule has 0 aliphatic carbocycles. The van der Waals surface area contributed by atoms with Crippen LogP contribution in [0, 0.1) is 0 Å². The highest BCUT2D eigenvalue weighted by atomic mass is 35.5. The standard InChI is InChI=1S/C12H13ClN4OS/c1-17-6-7(2-3-9(17)18)14-10-8-4-5-19-11(8)16-12(13)15-10/h4-5,7H,2-3,6H2,1H3,(H,14,15,16). The number of carbonyl (C=O) groups excluding carboxylic acids is 1. The predicted molar refractivity (Wildman–Crippen MR) is 76.7 cm³/mol. The van der Waals surface area contributed by atoms with Gasteiger partial charge in [0, 0.05) is 26.1 Å². The summed E-state index contributed by atoms with van der Waals surface area (Å²) in [6.07, 6.45) is 1.39. The average Bonchev–Trinajstić information content (AvgIpc) is 2.82. The Balaban J connectivity index is 1.85. The van der Waals surface area contributed by atoms with Gasteiger partial charge in [0.15, 0.2) is 0 Å². The van der Waals surface area contributed by atoms with Crippen molar-refractivity contribution < 1.29 is 4.79 Å². The fraction of sp³-hybridized carbons (Fsp3) is 0.417. The van der Waals surface area contributed by atoms with Crippen LogP contribution in [-0.4, -0.2) is 40.4 Å². The highest BCUT2D eigenvalue weighted by Crippen LogP contribution is 2.27. The minimum atomic E-state index is 0.194. The highest BCUT2D eigenvalue weighted by Gasteiger charge is 2.23. The van der Waals surface area contributed by atoms with Crippen molar-refractivity contribution in [2.24, 2.45) is 0 Å². The van der Waals surface area contributed by atoms with E-state index in [1.807, 2.05) is 18.5 Å². The smallest absolute Gasteiger partial charge is 0.225 e. The van der Waals surface area contributed by atoms with Crippen molar-refractivity contribution in [2.75, 3.05) is 18.9 Å². The summed E-state index contributed by atoms with van der Waals surface area (Å²) in [4.78, 5) is 22.5. The van der Waals surface area contributed by atoms with E-state index in [1.54, 1.807) is 4.90 Å². The van der Waals surface area contributed by atoms with Crippen LogP contribution in [0.25, 0.3) is 10.2 Å². The molecule has 1 aliphatic rings. The van der Waals surface area contributed by atoms with Gasteiger partial charge < -0.3 is 10.2 Å². The molecule has 3 heterocycles. The highest BCUT2D eigenvalue weighted by molar-refractivity contribution is 7.16. The van der Waals surface area contributed by atoms with E-state index in [0.717, 1.165) is 22.5 Å². The van der Waals surface area contributed by atoms with Gasteiger partial charge in [-0.15, -0.1) is 11.3 Å². The van der Waals surface area contributed by atoms with Crippen LogP contribution in [0.3, 0.4) is 0 Å². The second-order valence-electron chi connectivity index (χ2n) is 4.63. The van der Waals surface area contributed by atoms with E-state index in [2.05, 4.69) is 15.3 Å². The number of thiophene rings is 1. The molecule has 0 radical (unpaired) electrons. The van der Waals surface area contributed by atoms with Crippen molar-refractivity contribution in [3.63, 3.8) is 0 Å². The quantitative estimate of drug-likeness (QED) is 0.865. The molecule has 1 unspecified atom stereocenters. The number of carbonyl (C=O) groups is 1. The predicted octanol–water partition coefficient (Wildman–Crippen LogP) is 2.38. The van der Waals surface area contributed by atoms with Crippen molar-refractivity contribution in [3.8, 4) is 0 Å². The van der Waals surface area contributed by atoms with Gasteiger partial charge in [-0.3, -0.25) is 4.79 Å². The number of nitrogens with one attached hydrogen (secondary N) is 1. The van der Waals surface area contributed by atoms with Crippen LogP contribution < -0.4 is 5.32 Å². The van der Waals surface area contributed by atoms with Gasteiger partial charge in [-0.05, 0) is 29.5 Å². The zero-order valence-corrected chi connectivity index (χ0v) is 12.0. The molecule has 1 aliphatic heterocycles. The minimum Gasteiger partial charge on any atom is -0.365 e. The number of aromatic nitrogens is 2. The SMILES string of the molecule is CN1CC(Nc2nc(Cl)nc3sccc23)CCC1=O. The summed E-state index contributed by atoms with van der Waals surface area (Å²) in [7, 11) is 1.82. The van der Waals surface area contributed by atoms with Crippen LogP contribution in [0.2, 0.25) is 5.28 Å². The molecule has 2 aromatic heterocycles. The number of halogens is 1. The van der Waals surface area contributed by atoms with Gasteiger partial charge in [0.2, 0.25) is 11.2 Å². The Morgan fingerprint density at radius 3 is 3.16 bits per heavy atom. The van der Waals surface area contributed by atoms with E-state index < -0.39 is 0 Å². The van der Waals surface area contributed by atoms with Crippen molar-refractivity contribution >= 4 is 44.9 Å². The fourth-order valence-corrected chi connectivity index (χ4v) is 3.25. The largest absolute Gasteiger partial charge is 0.365 e. The van der Waals surface area contributed by atoms with Crippen molar-refractivity contribution in [1.29, 1.82) is 0 Å². The van der Waals surface area contributed by atoms with Gasteiger partial charge in [-0.2, -0.15) is 0 Å². The van der Waals surface area contributed by atoms with Gasteiger partial charge in [0.05, 0.1) is 5.39 Å². The maximum absolute atomic E-state index is 11.5. The van der Waals surface area contributed by atoms with Gasteiger partial charge in [0.25, 0.3) is 0 Å². The van der Waals surface area contributed by atoms with Crippen LogP contribution in [0.1, 0.15) is 12.8 Å². The van der Waals surface area contributed by atoms with Crippen molar-refractivity contribution in [2.45, 2.75) is 18.9 Å². The number of anilines is 1.